The zero-order valence-electron chi connectivity index (χ0n) is 15.4. The van der Waals surface area contributed by atoms with Crippen molar-refractivity contribution < 1.29 is 19.1 Å². The van der Waals surface area contributed by atoms with Gasteiger partial charge >= 0.3 is 6.09 Å². The highest BCUT2D eigenvalue weighted by Gasteiger charge is 2.30. The third kappa shape index (κ3) is 3.80. The summed E-state index contributed by atoms with van der Waals surface area (Å²) in [7, 11) is 2.90. The highest BCUT2D eigenvalue weighted by atomic mass is 32.1. The number of thiophene rings is 1. The summed E-state index contributed by atoms with van der Waals surface area (Å²) in [5, 5.41) is 5.99. The summed E-state index contributed by atoms with van der Waals surface area (Å²) in [5.41, 5.74) is 2.93. The molecule has 0 spiro atoms. The van der Waals surface area contributed by atoms with Gasteiger partial charge in [0.1, 0.15) is 5.00 Å². The molecule has 0 atom stereocenters. The van der Waals surface area contributed by atoms with Crippen molar-refractivity contribution in [2.24, 2.45) is 0 Å². The number of benzene rings is 1. The number of nitrogens with one attached hydrogen (secondary N) is 2. The number of aryl methyl sites for hydroxylation is 1. The van der Waals surface area contributed by atoms with Crippen molar-refractivity contribution in [2.45, 2.75) is 19.9 Å². The predicted molar refractivity (Wildman–Crippen MR) is 103 cm³/mol. The lowest BCUT2D eigenvalue weighted by Gasteiger charge is -2.25. The Morgan fingerprint density at radius 1 is 1.15 bits per heavy atom. The molecule has 27 heavy (non-hydrogen) atoms. The lowest BCUT2D eigenvalue weighted by molar-refractivity contribution is 0.0962. The molecule has 2 aromatic rings. The van der Waals surface area contributed by atoms with E-state index in [0.717, 1.165) is 16.0 Å². The SMILES string of the molecule is CNC(=O)c1c(NC(=O)c2ccc(C)cc2)sc2c1CCN(C(=O)OC)C2. The smallest absolute Gasteiger partial charge is 0.409 e. The number of nitrogens with zero attached hydrogens (tertiary/aromatic N) is 1. The molecule has 1 aromatic carbocycles. The van der Waals surface area contributed by atoms with Gasteiger partial charge in [-0.1, -0.05) is 17.7 Å². The van der Waals surface area contributed by atoms with Crippen LogP contribution in [0.5, 0.6) is 0 Å². The van der Waals surface area contributed by atoms with Crippen LogP contribution in [0.25, 0.3) is 0 Å². The second-order valence-corrected chi connectivity index (χ2v) is 7.35. The zero-order chi connectivity index (χ0) is 19.6. The molecule has 8 heteroatoms. The lowest BCUT2D eigenvalue weighted by Crippen LogP contribution is -2.35. The molecular weight excluding hydrogens is 366 g/mol. The Hall–Kier alpha value is -2.87. The largest absolute Gasteiger partial charge is 0.453 e. The third-order valence-corrected chi connectivity index (χ3v) is 5.62. The molecule has 1 aromatic heterocycles. The Labute approximate surface area is 161 Å². The molecule has 3 rings (SSSR count). The van der Waals surface area contributed by atoms with E-state index in [1.54, 1.807) is 24.1 Å². The van der Waals surface area contributed by atoms with Gasteiger partial charge in [0.15, 0.2) is 0 Å². The third-order valence-electron chi connectivity index (χ3n) is 4.48. The number of anilines is 1. The van der Waals surface area contributed by atoms with Gasteiger partial charge in [0.2, 0.25) is 0 Å². The van der Waals surface area contributed by atoms with E-state index in [1.807, 2.05) is 19.1 Å². The Kier molecular flexibility index (Phi) is 5.46. The van der Waals surface area contributed by atoms with Crippen molar-refractivity contribution in [3.63, 3.8) is 0 Å². The molecule has 1 aliphatic heterocycles. The van der Waals surface area contributed by atoms with E-state index >= 15 is 0 Å². The van der Waals surface area contributed by atoms with Crippen LogP contribution < -0.4 is 10.6 Å². The lowest BCUT2D eigenvalue weighted by atomic mass is 10.0. The van der Waals surface area contributed by atoms with Gasteiger partial charge in [-0.05, 0) is 31.0 Å². The van der Waals surface area contributed by atoms with Crippen LogP contribution >= 0.6 is 11.3 Å². The van der Waals surface area contributed by atoms with Crippen molar-refractivity contribution in [1.29, 1.82) is 0 Å². The second kappa shape index (κ2) is 7.79. The molecule has 0 unspecified atom stereocenters. The molecule has 0 saturated heterocycles. The molecule has 0 bridgehead atoms. The second-order valence-electron chi connectivity index (χ2n) is 6.25. The van der Waals surface area contributed by atoms with Crippen molar-refractivity contribution in [1.82, 2.24) is 10.2 Å². The zero-order valence-corrected chi connectivity index (χ0v) is 16.2. The first-order valence-corrected chi connectivity index (χ1v) is 9.33. The summed E-state index contributed by atoms with van der Waals surface area (Å²) in [6, 6.07) is 7.22. The van der Waals surface area contributed by atoms with Crippen LogP contribution in [-0.4, -0.2) is 43.5 Å². The minimum atomic E-state index is -0.402. The van der Waals surface area contributed by atoms with Gasteiger partial charge in [-0.3, -0.25) is 9.59 Å². The van der Waals surface area contributed by atoms with Crippen LogP contribution in [0.1, 0.15) is 36.7 Å². The molecule has 0 saturated carbocycles. The first-order valence-electron chi connectivity index (χ1n) is 8.52. The van der Waals surface area contributed by atoms with E-state index in [9.17, 15) is 14.4 Å². The molecule has 142 valence electrons. The summed E-state index contributed by atoms with van der Waals surface area (Å²) in [6.07, 6.45) is 0.130. The number of methoxy groups -OCH3 is 1. The molecule has 1 aliphatic rings. The van der Waals surface area contributed by atoms with Crippen molar-refractivity contribution in [2.75, 3.05) is 26.0 Å². The van der Waals surface area contributed by atoms with Crippen LogP contribution in [-0.2, 0) is 17.7 Å². The van der Waals surface area contributed by atoms with E-state index in [1.165, 1.54) is 18.4 Å². The van der Waals surface area contributed by atoms with E-state index in [0.29, 0.717) is 35.6 Å². The number of carbonyl (C=O) groups excluding carboxylic acids is 3. The van der Waals surface area contributed by atoms with Gasteiger partial charge in [0.05, 0.1) is 19.2 Å². The Bertz CT molecular complexity index is 889. The summed E-state index contributed by atoms with van der Waals surface area (Å²) in [5.74, 6) is -0.526. The van der Waals surface area contributed by atoms with Crippen LogP contribution in [0.2, 0.25) is 0 Å². The fraction of sp³-hybridized carbons (Fsp3) is 0.316. The number of hydrogen-bond acceptors (Lipinski definition) is 5. The fourth-order valence-electron chi connectivity index (χ4n) is 3.02. The van der Waals surface area contributed by atoms with Crippen molar-refractivity contribution >= 4 is 34.2 Å². The van der Waals surface area contributed by atoms with E-state index in [2.05, 4.69) is 10.6 Å². The van der Waals surface area contributed by atoms with Crippen molar-refractivity contribution in [3.05, 3.63) is 51.4 Å². The molecule has 2 heterocycles. The molecule has 0 fully saturated rings. The molecule has 0 aliphatic carbocycles. The Morgan fingerprint density at radius 2 is 1.85 bits per heavy atom. The average molecular weight is 387 g/mol. The molecule has 3 amide bonds. The van der Waals surface area contributed by atoms with Crippen molar-refractivity contribution in [3.8, 4) is 0 Å². The topological polar surface area (TPSA) is 87.7 Å². The van der Waals surface area contributed by atoms with Crippen LogP contribution in [0.3, 0.4) is 0 Å². The summed E-state index contributed by atoms with van der Waals surface area (Å²) in [6.45, 7) is 2.77. The normalized spacial score (nSPS) is 12.9. The monoisotopic (exact) mass is 387 g/mol. The fourth-order valence-corrected chi connectivity index (χ4v) is 4.28. The summed E-state index contributed by atoms with van der Waals surface area (Å²) in [4.78, 5) is 39.3. The van der Waals surface area contributed by atoms with Gasteiger partial charge in [-0.25, -0.2) is 4.79 Å². The molecule has 0 radical (unpaired) electrons. The Morgan fingerprint density at radius 3 is 2.48 bits per heavy atom. The minimum Gasteiger partial charge on any atom is -0.453 e. The number of rotatable bonds is 3. The van der Waals surface area contributed by atoms with Gasteiger partial charge in [-0.2, -0.15) is 0 Å². The quantitative estimate of drug-likeness (QED) is 0.848. The first-order chi connectivity index (χ1) is 12.9. The summed E-state index contributed by atoms with van der Waals surface area (Å²) < 4.78 is 4.78. The van der Waals surface area contributed by atoms with Gasteiger partial charge in [0, 0.05) is 24.0 Å². The van der Waals surface area contributed by atoms with Crippen LogP contribution in [0.4, 0.5) is 9.80 Å². The number of fused-ring (bicyclic) bond motifs is 1. The van der Waals surface area contributed by atoms with Crippen LogP contribution in [0.15, 0.2) is 24.3 Å². The average Bonchev–Trinajstić information content (AvgIpc) is 3.04. The molecule has 7 nitrogen and oxygen atoms in total. The van der Waals surface area contributed by atoms with Gasteiger partial charge < -0.3 is 20.3 Å². The maximum absolute atomic E-state index is 12.6. The standard InChI is InChI=1S/C19H21N3O4S/c1-11-4-6-12(7-5-11)16(23)21-18-15(17(24)20-2)13-8-9-22(19(25)26-3)10-14(13)27-18/h4-7H,8-10H2,1-3H3,(H,20,24)(H,21,23). The van der Waals surface area contributed by atoms with E-state index in [4.69, 9.17) is 4.74 Å². The molecular formula is C19H21N3O4S. The Balaban J connectivity index is 1.92. The highest BCUT2D eigenvalue weighted by Crippen LogP contribution is 2.37. The minimum absolute atomic E-state index is 0.252. The maximum Gasteiger partial charge on any atom is 0.409 e. The highest BCUT2D eigenvalue weighted by molar-refractivity contribution is 7.17. The summed E-state index contributed by atoms with van der Waals surface area (Å²) >= 11 is 1.32. The van der Waals surface area contributed by atoms with E-state index in [-0.39, 0.29) is 11.8 Å². The van der Waals surface area contributed by atoms with Gasteiger partial charge in [0.25, 0.3) is 11.8 Å². The van der Waals surface area contributed by atoms with Crippen LogP contribution in [0, 0.1) is 6.92 Å². The van der Waals surface area contributed by atoms with E-state index < -0.39 is 6.09 Å². The number of carbonyl (C=O) groups is 3. The maximum atomic E-state index is 12.6. The number of amides is 3. The van der Waals surface area contributed by atoms with Gasteiger partial charge in [-0.15, -0.1) is 11.3 Å². The predicted octanol–water partition coefficient (Wildman–Crippen LogP) is 2.79. The first kappa shape index (κ1) is 18.9. The number of hydrogen-bond donors (Lipinski definition) is 2. The number of ether oxygens (including phenoxy) is 1. The molecule has 2 N–H and O–H groups in total.